The second-order valence-electron chi connectivity index (χ2n) is 2.26. The molecule has 0 saturated heterocycles. The third-order valence-electron chi connectivity index (χ3n) is 1.33. The average Bonchev–Trinajstić information content (AvgIpc) is 1.88. The largest absolute Gasteiger partial charge is 0.0955 e. The summed E-state index contributed by atoms with van der Waals surface area (Å²) in [5, 5.41) is 0. The van der Waals surface area contributed by atoms with E-state index in [0.29, 0.717) is 0 Å². The van der Waals surface area contributed by atoms with E-state index in [1.54, 1.807) is 0 Å². The van der Waals surface area contributed by atoms with Crippen molar-refractivity contribution in [3.63, 3.8) is 0 Å². The smallest absolute Gasteiger partial charge is 0.0250 e. The summed E-state index contributed by atoms with van der Waals surface area (Å²) in [4.78, 5) is 0. The first-order valence-corrected chi connectivity index (χ1v) is 3.91. The first-order valence-electron chi connectivity index (χ1n) is 3.12. The fourth-order valence-electron chi connectivity index (χ4n) is 0.807. The number of halogens is 1. The highest BCUT2D eigenvalue weighted by Gasteiger charge is 1.95. The minimum absolute atomic E-state index is 1.09. The Labute approximate surface area is 69.7 Å². The van der Waals surface area contributed by atoms with Crippen molar-refractivity contribution in [1.82, 2.24) is 0 Å². The molecule has 0 radical (unpaired) electrons. The first kappa shape index (κ1) is 7.55. The third kappa shape index (κ3) is 1.48. The van der Waals surface area contributed by atoms with Crippen LogP contribution in [0.5, 0.6) is 0 Å². The van der Waals surface area contributed by atoms with E-state index >= 15 is 0 Å². The summed E-state index contributed by atoms with van der Waals surface area (Å²) in [6, 6.07) is 8.07. The molecule has 0 saturated carbocycles. The number of benzene rings is 1. The molecule has 1 rings (SSSR count). The van der Waals surface area contributed by atoms with Crippen LogP contribution in [0.2, 0.25) is 0 Å². The predicted molar refractivity (Wildman–Crippen MR) is 48.9 cm³/mol. The lowest BCUT2D eigenvalue weighted by atomic mass is 10.1. The molecule has 52 valence electrons. The Balaban J connectivity index is 3.15. The molecule has 0 N–H and O–H groups in total. The molecule has 0 aliphatic carbocycles. The van der Waals surface area contributed by atoms with Crippen LogP contribution in [0.4, 0.5) is 0 Å². The van der Waals surface area contributed by atoms with Crippen molar-refractivity contribution in [3.05, 3.63) is 40.9 Å². The molecule has 0 heterocycles. The van der Waals surface area contributed by atoms with Gasteiger partial charge in [-0.3, -0.25) is 0 Å². The van der Waals surface area contributed by atoms with Gasteiger partial charge < -0.3 is 0 Å². The second-order valence-corrected chi connectivity index (χ2v) is 3.11. The Morgan fingerprint density at radius 3 is 2.40 bits per heavy atom. The standard InChI is InChI=1S/C9H9Br/c1-7(2)8-5-3-4-6-9(8)10/h3-6H,1H2,2H3. The lowest BCUT2D eigenvalue weighted by molar-refractivity contribution is 1.54. The van der Waals surface area contributed by atoms with Crippen molar-refractivity contribution in [2.75, 3.05) is 0 Å². The highest BCUT2D eigenvalue weighted by molar-refractivity contribution is 9.10. The minimum atomic E-state index is 1.09. The normalized spacial score (nSPS) is 9.40. The maximum atomic E-state index is 3.86. The second kappa shape index (κ2) is 3.02. The highest BCUT2D eigenvalue weighted by atomic mass is 79.9. The molecule has 0 nitrogen and oxygen atoms in total. The molecule has 0 unspecified atom stereocenters. The molecular formula is C9H9Br. The van der Waals surface area contributed by atoms with Crippen LogP contribution in [-0.4, -0.2) is 0 Å². The zero-order valence-electron chi connectivity index (χ0n) is 5.89. The topological polar surface area (TPSA) is 0 Å². The summed E-state index contributed by atoms with van der Waals surface area (Å²) in [5.41, 5.74) is 2.27. The Kier molecular flexibility index (Phi) is 2.28. The number of hydrogen-bond donors (Lipinski definition) is 0. The fraction of sp³-hybridized carbons (Fsp3) is 0.111. The van der Waals surface area contributed by atoms with E-state index in [4.69, 9.17) is 0 Å². The zero-order chi connectivity index (χ0) is 7.56. The van der Waals surface area contributed by atoms with Crippen molar-refractivity contribution in [1.29, 1.82) is 0 Å². The molecule has 0 atom stereocenters. The van der Waals surface area contributed by atoms with E-state index in [1.165, 1.54) is 5.56 Å². The van der Waals surface area contributed by atoms with Gasteiger partial charge in [0.2, 0.25) is 0 Å². The van der Waals surface area contributed by atoms with Crippen LogP contribution in [0.1, 0.15) is 12.5 Å². The van der Waals surface area contributed by atoms with Gasteiger partial charge in [0.15, 0.2) is 0 Å². The van der Waals surface area contributed by atoms with Crippen molar-refractivity contribution in [2.24, 2.45) is 0 Å². The summed E-state index contributed by atoms with van der Waals surface area (Å²) in [6.07, 6.45) is 0. The molecule has 10 heavy (non-hydrogen) atoms. The Hall–Kier alpha value is -0.560. The maximum Gasteiger partial charge on any atom is 0.0250 e. The van der Waals surface area contributed by atoms with Gasteiger partial charge in [-0.15, -0.1) is 0 Å². The van der Waals surface area contributed by atoms with Gasteiger partial charge in [-0.05, 0) is 24.1 Å². The third-order valence-corrected chi connectivity index (χ3v) is 2.03. The van der Waals surface area contributed by atoms with Crippen molar-refractivity contribution >= 4 is 21.5 Å². The van der Waals surface area contributed by atoms with Crippen LogP contribution in [0.3, 0.4) is 0 Å². The summed E-state index contributed by atoms with van der Waals surface area (Å²) in [6.45, 7) is 5.86. The molecule has 0 spiro atoms. The maximum absolute atomic E-state index is 3.86. The molecule has 0 amide bonds. The van der Waals surface area contributed by atoms with Crippen LogP contribution in [0, 0.1) is 0 Å². The van der Waals surface area contributed by atoms with Gasteiger partial charge in [0.05, 0.1) is 0 Å². The van der Waals surface area contributed by atoms with Crippen LogP contribution < -0.4 is 0 Å². The molecule has 1 heteroatoms. The van der Waals surface area contributed by atoms with Crippen LogP contribution >= 0.6 is 15.9 Å². The van der Waals surface area contributed by atoms with E-state index in [2.05, 4.69) is 22.5 Å². The first-order chi connectivity index (χ1) is 4.72. The molecule has 0 aliphatic rings. The summed E-state index contributed by atoms with van der Waals surface area (Å²) in [5.74, 6) is 0. The van der Waals surface area contributed by atoms with E-state index in [9.17, 15) is 0 Å². The van der Waals surface area contributed by atoms with Gasteiger partial charge >= 0.3 is 0 Å². The number of hydrogen-bond acceptors (Lipinski definition) is 0. The van der Waals surface area contributed by atoms with E-state index in [-0.39, 0.29) is 0 Å². The fourth-order valence-corrected chi connectivity index (χ4v) is 1.43. The lowest BCUT2D eigenvalue weighted by Crippen LogP contribution is -1.77. The van der Waals surface area contributed by atoms with Gasteiger partial charge in [-0.25, -0.2) is 0 Å². The van der Waals surface area contributed by atoms with Gasteiger partial charge in [-0.1, -0.05) is 40.7 Å². The van der Waals surface area contributed by atoms with Crippen LogP contribution in [0.25, 0.3) is 5.57 Å². The minimum Gasteiger partial charge on any atom is -0.0955 e. The Morgan fingerprint density at radius 2 is 2.00 bits per heavy atom. The Morgan fingerprint density at radius 1 is 1.40 bits per heavy atom. The summed E-state index contributed by atoms with van der Waals surface area (Å²) < 4.78 is 1.11. The number of allylic oxidation sites excluding steroid dienone is 1. The zero-order valence-corrected chi connectivity index (χ0v) is 7.48. The van der Waals surface area contributed by atoms with Crippen molar-refractivity contribution in [2.45, 2.75) is 6.92 Å². The SMILES string of the molecule is C=C(C)c1ccccc1Br. The molecule has 0 aromatic heterocycles. The lowest BCUT2D eigenvalue weighted by Gasteiger charge is -2.00. The quantitative estimate of drug-likeness (QED) is 0.646. The predicted octanol–water partition coefficient (Wildman–Crippen LogP) is 3.48. The molecule has 0 aliphatic heterocycles. The summed E-state index contributed by atoms with van der Waals surface area (Å²) in [7, 11) is 0. The van der Waals surface area contributed by atoms with E-state index in [0.717, 1.165) is 10.0 Å². The molecule has 0 fully saturated rings. The summed E-state index contributed by atoms with van der Waals surface area (Å²) >= 11 is 3.44. The van der Waals surface area contributed by atoms with Gasteiger partial charge in [-0.2, -0.15) is 0 Å². The average molecular weight is 197 g/mol. The monoisotopic (exact) mass is 196 g/mol. The Bertz CT molecular complexity index is 251. The molecular weight excluding hydrogens is 188 g/mol. The van der Waals surface area contributed by atoms with Gasteiger partial charge in [0.25, 0.3) is 0 Å². The molecule has 1 aromatic rings. The van der Waals surface area contributed by atoms with Crippen LogP contribution in [-0.2, 0) is 0 Å². The number of rotatable bonds is 1. The van der Waals surface area contributed by atoms with Crippen molar-refractivity contribution < 1.29 is 0 Å². The van der Waals surface area contributed by atoms with Gasteiger partial charge in [0.1, 0.15) is 0 Å². The molecule has 0 bridgehead atoms. The van der Waals surface area contributed by atoms with Crippen LogP contribution in [0.15, 0.2) is 35.3 Å². The van der Waals surface area contributed by atoms with E-state index < -0.39 is 0 Å². The highest BCUT2D eigenvalue weighted by Crippen LogP contribution is 2.21. The van der Waals surface area contributed by atoms with Gasteiger partial charge in [0, 0.05) is 4.47 Å². The van der Waals surface area contributed by atoms with E-state index in [1.807, 2.05) is 31.2 Å². The molecule has 1 aromatic carbocycles. The van der Waals surface area contributed by atoms with Crippen molar-refractivity contribution in [3.8, 4) is 0 Å².